The molecule has 1 aliphatic rings. The number of carbonyl (C=O) groups excluding carboxylic acids is 2. The Balaban J connectivity index is 1.47. The first-order valence-electron chi connectivity index (χ1n) is 10.7. The zero-order chi connectivity index (χ0) is 24.2. The molecule has 0 fully saturated rings. The number of hydrogen-bond donors (Lipinski definition) is 4. The summed E-state index contributed by atoms with van der Waals surface area (Å²) in [6.45, 7) is 1.34. The molecule has 3 atom stereocenters. The molecule has 4 N–H and O–H groups in total. The number of amides is 2. The SMILES string of the molecule is CC(O)C(NC(=O)C(NC(=O)OCC1c2ccccc2-c2ccccc21)c1cccs1)C(=O)O. The molecular formula is C25H24N2O6S. The monoisotopic (exact) mass is 480 g/mol. The first-order chi connectivity index (χ1) is 16.4. The van der Waals surface area contributed by atoms with E-state index in [9.17, 15) is 24.6 Å². The van der Waals surface area contributed by atoms with E-state index in [4.69, 9.17) is 4.74 Å². The van der Waals surface area contributed by atoms with Crippen molar-refractivity contribution in [3.8, 4) is 11.1 Å². The number of fused-ring (bicyclic) bond motifs is 3. The molecule has 0 spiro atoms. The highest BCUT2D eigenvalue weighted by Crippen LogP contribution is 2.44. The van der Waals surface area contributed by atoms with Gasteiger partial charge in [-0.3, -0.25) is 4.79 Å². The molecule has 1 heterocycles. The van der Waals surface area contributed by atoms with Crippen LogP contribution in [0.4, 0.5) is 4.79 Å². The third-order valence-electron chi connectivity index (χ3n) is 5.74. The van der Waals surface area contributed by atoms with Crippen LogP contribution in [0.3, 0.4) is 0 Å². The summed E-state index contributed by atoms with van der Waals surface area (Å²) in [5, 5.41) is 25.5. The standard InChI is InChI=1S/C25H24N2O6S/c1-14(28)21(24(30)31)26-23(29)22(20-11-6-12-34-20)27-25(32)33-13-19-17-9-4-2-7-15(17)16-8-3-5-10-18(16)19/h2-12,14,19,21-22,28H,13H2,1H3,(H,26,29)(H,27,32)(H,30,31). The topological polar surface area (TPSA) is 125 Å². The minimum absolute atomic E-state index is 0.0735. The molecule has 2 aromatic carbocycles. The molecule has 0 saturated carbocycles. The zero-order valence-corrected chi connectivity index (χ0v) is 19.1. The molecule has 0 saturated heterocycles. The van der Waals surface area contributed by atoms with Crippen LogP contribution in [0.2, 0.25) is 0 Å². The van der Waals surface area contributed by atoms with Crippen LogP contribution in [0, 0.1) is 0 Å². The molecule has 176 valence electrons. The van der Waals surface area contributed by atoms with E-state index in [2.05, 4.69) is 10.6 Å². The van der Waals surface area contributed by atoms with Crippen LogP contribution in [-0.2, 0) is 14.3 Å². The fraction of sp³-hybridized carbons (Fsp3) is 0.240. The van der Waals surface area contributed by atoms with Gasteiger partial charge in [0.15, 0.2) is 6.04 Å². The predicted octanol–water partition coefficient (Wildman–Crippen LogP) is 3.28. The maximum atomic E-state index is 12.8. The van der Waals surface area contributed by atoms with Gasteiger partial charge in [0.25, 0.3) is 0 Å². The summed E-state index contributed by atoms with van der Waals surface area (Å²) in [4.78, 5) is 37.4. The predicted molar refractivity (Wildman–Crippen MR) is 127 cm³/mol. The van der Waals surface area contributed by atoms with Crippen molar-refractivity contribution in [3.63, 3.8) is 0 Å². The van der Waals surface area contributed by atoms with E-state index in [0.29, 0.717) is 4.88 Å². The summed E-state index contributed by atoms with van der Waals surface area (Å²) in [5.74, 6) is -2.28. The number of alkyl carbamates (subject to hydrolysis) is 1. The second kappa shape index (κ2) is 10.1. The molecule has 2 amide bonds. The Labute approximate surface area is 200 Å². The maximum Gasteiger partial charge on any atom is 0.408 e. The van der Waals surface area contributed by atoms with Gasteiger partial charge in [0, 0.05) is 10.8 Å². The molecule has 3 aromatic rings. The number of aliphatic hydroxyl groups excluding tert-OH is 1. The number of carbonyl (C=O) groups is 3. The second-order valence-corrected chi connectivity index (χ2v) is 8.96. The van der Waals surface area contributed by atoms with E-state index < -0.39 is 36.2 Å². The number of carboxylic acid groups (broad SMARTS) is 1. The number of benzene rings is 2. The van der Waals surface area contributed by atoms with Gasteiger partial charge in [0.05, 0.1) is 6.10 Å². The van der Waals surface area contributed by atoms with Crippen molar-refractivity contribution in [2.24, 2.45) is 0 Å². The van der Waals surface area contributed by atoms with Gasteiger partial charge in [-0.05, 0) is 40.6 Å². The average molecular weight is 481 g/mol. The summed E-state index contributed by atoms with van der Waals surface area (Å²) >= 11 is 1.23. The van der Waals surface area contributed by atoms with E-state index in [-0.39, 0.29) is 12.5 Å². The molecule has 8 nitrogen and oxygen atoms in total. The number of ether oxygens (including phenoxy) is 1. The highest BCUT2D eigenvalue weighted by molar-refractivity contribution is 7.10. The van der Waals surface area contributed by atoms with Gasteiger partial charge in [0.2, 0.25) is 5.91 Å². The number of thiophene rings is 1. The molecule has 0 bridgehead atoms. The molecule has 1 aliphatic carbocycles. The van der Waals surface area contributed by atoms with E-state index in [1.165, 1.54) is 18.3 Å². The molecule has 3 unspecified atom stereocenters. The lowest BCUT2D eigenvalue weighted by atomic mass is 9.98. The van der Waals surface area contributed by atoms with Gasteiger partial charge in [-0.1, -0.05) is 54.6 Å². The van der Waals surface area contributed by atoms with Crippen molar-refractivity contribution < 1.29 is 29.3 Å². The third kappa shape index (κ3) is 4.80. The minimum Gasteiger partial charge on any atom is -0.480 e. The number of nitrogens with one attached hydrogen (secondary N) is 2. The smallest absolute Gasteiger partial charge is 0.408 e. The van der Waals surface area contributed by atoms with Crippen molar-refractivity contribution in [2.45, 2.75) is 31.0 Å². The van der Waals surface area contributed by atoms with Gasteiger partial charge in [-0.2, -0.15) is 0 Å². The average Bonchev–Trinajstić information content (AvgIpc) is 3.46. The highest BCUT2D eigenvalue weighted by atomic mass is 32.1. The quantitative estimate of drug-likeness (QED) is 0.392. The van der Waals surface area contributed by atoms with Crippen LogP contribution in [0.5, 0.6) is 0 Å². The van der Waals surface area contributed by atoms with Gasteiger partial charge < -0.3 is 25.6 Å². The summed E-state index contributed by atoms with van der Waals surface area (Å²) < 4.78 is 5.53. The molecule has 1 aromatic heterocycles. The molecule has 34 heavy (non-hydrogen) atoms. The number of carboxylic acids is 1. The third-order valence-corrected chi connectivity index (χ3v) is 6.68. The van der Waals surface area contributed by atoms with Gasteiger partial charge in [-0.25, -0.2) is 9.59 Å². The summed E-state index contributed by atoms with van der Waals surface area (Å²) in [6, 6.07) is 16.6. The van der Waals surface area contributed by atoms with Gasteiger partial charge >= 0.3 is 12.1 Å². The van der Waals surface area contributed by atoms with Gasteiger partial charge in [-0.15, -0.1) is 11.3 Å². The molecule has 0 aliphatic heterocycles. The van der Waals surface area contributed by atoms with Gasteiger partial charge in [0.1, 0.15) is 12.6 Å². The zero-order valence-electron chi connectivity index (χ0n) is 18.3. The number of aliphatic carboxylic acids is 1. The van der Waals surface area contributed by atoms with Crippen LogP contribution in [0.25, 0.3) is 11.1 Å². The molecule has 9 heteroatoms. The number of hydrogen-bond acceptors (Lipinski definition) is 6. The number of rotatable bonds is 8. The Morgan fingerprint density at radius 3 is 2.12 bits per heavy atom. The fourth-order valence-electron chi connectivity index (χ4n) is 4.10. The van der Waals surface area contributed by atoms with Crippen molar-refractivity contribution in [1.82, 2.24) is 10.6 Å². The second-order valence-electron chi connectivity index (χ2n) is 7.98. The minimum atomic E-state index is -1.51. The van der Waals surface area contributed by atoms with Crippen LogP contribution in [0.15, 0.2) is 66.0 Å². The maximum absolute atomic E-state index is 12.8. The summed E-state index contributed by atoms with van der Waals surface area (Å²) in [5.41, 5.74) is 4.32. The Bertz CT molecular complexity index is 1150. The Kier molecular flexibility index (Phi) is 6.95. The van der Waals surface area contributed by atoms with E-state index in [1.54, 1.807) is 17.5 Å². The lowest BCUT2D eigenvalue weighted by Gasteiger charge is -2.22. The number of aliphatic hydroxyl groups is 1. The summed E-state index contributed by atoms with van der Waals surface area (Å²) in [7, 11) is 0. The normalized spacial score (nSPS) is 14.9. The largest absolute Gasteiger partial charge is 0.480 e. The Morgan fingerprint density at radius 2 is 1.59 bits per heavy atom. The highest BCUT2D eigenvalue weighted by Gasteiger charge is 2.32. The van der Waals surface area contributed by atoms with Crippen molar-refractivity contribution >= 4 is 29.3 Å². The van der Waals surface area contributed by atoms with E-state index in [1.807, 2.05) is 48.5 Å². The summed E-state index contributed by atoms with van der Waals surface area (Å²) in [6.07, 6.45) is -2.13. The fourth-order valence-corrected chi connectivity index (χ4v) is 4.88. The van der Waals surface area contributed by atoms with Crippen molar-refractivity contribution in [3.05, 3.63) is 82.0 Å². The molecule has 4 rings (SSSR count). The van der Waals surface area contributed by atoms with Crippen LogP contribution < -0.4 is 10.6 Å². The van der Waals surface area contributed by atoms with Crippen LogP contribution >= 0.6 is 11.3 Å². The lowest BCUT2D eigenvalue weighted by Crippen LogP contribution is -2.51. The lowest BCUT2D eigenvalue weighted by molar-refractivity contribution is -0.145. The molecular weight excluding hydrogens is 456 g/mol. The Hall–Kier alpha value is -3.69. The van der Waals surface area contributed by atoms with Crippen LogP contribution in [0.1, 0.15) is 34.9 Å². The van der Waals surface area contributed by atoms with Crippen molar-refractivity contribution in [1.29, 1.82) is 0 Å². The van der Waals surface area contributed by atoms with Crippen LogP contribution in [-0.4, -0.2) is 46.9 Å². The first-order valence-corrected chi connectivity index (χ1v) is 11.6. The van der Waals surface area contributed by atoms with Crippen molar-refractivity contribution in [2.75, 3.05) is 6.61 Å². The van der Waals surface area contributed by atoms with E-state index >= 15 is 0 Å². The Morgan fingerprint density at radius 1 is 0.971 bits per heavy atom. The molecule has 0 radical (unpaired) electrons. The first kappa shape index (κ1) is 23.5. The van der Waals surface area contributed by atoms with E-state index in [0.717, 1.165) is 22.3 Å².